The highest BCUT2D eigenvalue weighted by atomic mass is 32.1. The second-order valence-electron chi connectivity index (χ2n) is 6.28. The van der Waals surface area contributed by atoms with Gasteiger partial charge in [-0.3, -0.25) is 10.1 Å². The summed E-state index contributed by atoms with van der Waals surface area (Å²) in [7, 11) is 0. The zero-order valence-electron chi connectivity index (χ0n) is 13.6. The fourth-order valence-electron chi connectivity index (χ4n) is 2.64. The molecule has 1 amide bonds. The Bertz CT molecular complexity index is 718. The van der Waals surface area contributed by atoms with Gasteiger partial charge in [-0.25, -0.2) is 10.9 Å². The first-order chi connectivity index (χ1) is 11.5. The number of hydrogen-bond acceptors (Lipinski definition) is 7. The molecule has 2 unspecified atom stereocenters. The lowest BCUT2D eigenvalue weighted by molar-refractivity contribution is -0.117. The predicted molar refractivity (Wildman–Crippen MR) is 92.6 cm³/mol. The monoisotopic (exact) mass is 347 g/mol. The number of aromatic nitrogens is 2. The SMILES string of the molecule is CC(C)Cc1nnc(NC(=O)C2CC(c3ccccc3O)NN2)s1. The average Bonchev–Trinajstić information content (AvgIpc) is 3.17. The molecule has 0 radical (unpaired) electrons. The van der Waals surface area contributed by atoms with Gasteiger partial charge < -0.3 is 5.11 Å². The molecule has 0 saturated carbocycles. The summed E-state index contributed by atoms with van der Waals surface area (Å²) in [5, 5.41) is 22.3. The van der Waals surface area contributed by atoms with E-state index in [0.717, 1.165) is 17.0 Å². The second-order valence-corrected chi connectivity index (χ2v) is 7.34. The van der Waals surface area contributed by atoms with Crippen LogP contribution in [0.3, 0.4) is 0 Å². The van der Waals surface area contributed by atoms with Crippen molar-refractivity contribution in [3.8, 4) is 5.75 Å². The summed E-state index contributed by atoms with van der Waals surface area (Å²) in [5.41, 5.74) is 6.81. The number of carbonyl (C=O) groups excluding carboxylic acids is 1. The molecule has 1 fully saturated rings. The summed E-state index contributed by atoms with van der Waals surface area (Å²) in [4.78, 5) is 12.4. The van der Waals surface area contributed by atoms with Crippen LogP contribution >= 0.6 is 11.3 Å². The van der Waals surface area contributed by atoms with E-state index >= 15 is 0 Å². The first-order valence-electron chi connectivity index (χ1n) is 7.95. The van der Waals surface area contributed by atoms with Crippen LogP contribution in [0.25, 0.3) is 0 Å². The highest BCUT2D eigenvalue weighted by Gasteiger charge is 2.31. The van der Waals surface area contributed by atoms with E-state index in [0.29, 0.717) is 17.5 Å². The van der Waals surface area contributed by atoms with Crippen LogP contribution in [0.1, 0.15) is 36.9 Å². The standard InChI is InChI=1S/C16H21N5O2S/c1-9(2)7-14-20-21-16(24-14)17-15(23)12-8-11(18-19-12)10-5-3-4-6-13(10)22/h3-6,9,11-12,18-19,22H,7-8H2,1-2H3,(H,17,21,23). The molecule has 4 N–H and O–H groups in total. The lowest BCUT2D eigenvalue weighted by atomic mass is 10.0. The van der Waals surface area contributed by atoms with Crippen molar-refractivity contribution < 1.29 is 9.90 Å². The van der Waals surface area contributed by atoms with Crippen molar-refractivity contribution in [2.75, 3.05) is 5.32 Å². The van der Waals surface area contributed by atoms with Crippen molar-refractivity contribution in [2.24, 2.45) is 5.92 Å². The number of amides is 1. The van der Waals surface area contributed by atoms with Gasteiger partial charge in [-0.1, -0.05) is 43.4 Å². The summed E-state index contributed by atoms with van der Waals surface area (Å²) < 4.78 is 0. The van der Waals surface area contributed by atoms with E-state index in [4.69, 9.17) is 0 Å². The van der Waals surface area contributed by atoms with Gasteiger partial charge in [-0.05, 0) is 18.4 Å². The molecule has 7 nitrogen and oxygen atoms in total. The van der Waals surface area contributed by atoms with Crippen molar-refractivity contribution in [2.45, 2.75) is 38.8 Å². The molecule has 24 heavy (non-hydrogen) atoms. The number of phenols is 1. The minimum Gasteiger partial charge on any atom is -0.508 e. The molecule has 0 aliphatic carbocycles. The summed E-state index contributed by atoms with van der Waals surface area (Å²) in [5.74, 6) is 0.564. The van der Waals surface area contributed by atoms with Gasteiger partial charge in [0.15, 0.2) is 0 Å². The first-order valence-corrected chi connectivity index (χ1v) is 8.76. The van der Waals surface area contributed by atoms with Crippen molar-refractivity contribution in [3.05, 3.63) is 34.8 Å². The van der Waals surface area contributed by atoms with Crippen molar-refractivity contribution in [3.63, 3.8) is 0 Å². The van der Waals surface area contributed by atoms with Gasteiger partial charge in [-0.2, -0.15) is 0 Å². The van der Waals surface area contributed by atoms with Gasteiger partial charge in [-0.15, -0.1) is 10.2 Å². The number of anilines is 1. The summed E-state index contributed by atoms with van der Waals surface area (Å²) in [6, 6.07) is 6.61. The largest absolute Gasteiger partial charge is 0.508 e. The van der Waals surface area contributed by atoms with Crippen LogP contribution in [0.15, 0.2) is 24.3 Å². The van der Waals surface area contributed by atoms with E-state index in [9.17, 15) is 9.90 Å². The smallest absolute Gasteiger partial charge is 0.244 e. The minimum atomic E-state index is -0.396. The Hall–Kier alpha value is -2.03. The van der Waals surface area contributed by atoms with E-state index in [1.807, 2.05) is 12.1 Å². The fourth-order valence-corrected chi connectivity index (χ4v) is 3.60. The molecule has 1 aliphatic heterocycles. The molecule has 3 rings (SSSR count). The van der Waals surface area contributed by atoms with E-state index in [1.165, 1.54) is 11.3 Å². The van der Waals surface area contributed by atoms with Crippen LogP contribution in [-0.4, -0.2) is 27.3 Å². The maximum atomic E-state index is 12.4. The highest BCUT2D eigenvalue weighted by molar-refractivity contribution is 7.15. The third-order valence-electron chi connectivity index (χ3n) is 3.81. The number of phenolic OH excluding ortho intramolecular Hbond substituents is 1. The third-order valence-corrected chi connectivity index (χ3v) is 4.67. The minimum absolute atomic E-state index is 0.118. The lowest BCUT2D eigenvalue weighted by Crippen LogP contribution is -2.39. The molecular formula is C16H21N5O2S. The normalized spacial score (nSPS) is 20.5. The van der Waals surface area contributed by atoms with Crippen molar-refractivity contribution in [1.82, 2.24) is 21.0 Å². The number of rotatable bonds is 5. The van der Waals surface area contributed by atoms with Gasteiger partial charge in [0.25, 0.3) is 0 Å². The van der Waals surface area contributed by atoms with E-state index in [1.54, 1.807) is 12.1 Å². The Kier molecular flexibility index (Phi) is 5.08. The Morgan fingerprint density at radius 1 is 1.38 bits per heavy atom. The number of nitrogens with zero attached hydrogens (tertiary/aromatic N) is 2. The molecule has 1 aromatic heterocycles. The number of para-hydroxylation sites is 1. The predicted octanol–water partition coefficient (Wildman–Crippen LogP) is 1.99. The summed E-state index contributed by atoms with van der Waals surface area (Å²) >= 11 is 1.41. The summed E-state index contributed by atoms with van der Waals surface area (Å²) in [6.07, 6.45) is 1.40. The second kappa shape index (κ2) is 7.25. The van der Waals surface area contributed by atoms with Crippen LogP contribution in [0.4, 0.5) is 5.13 Å². The molecule has 0 bridgehead atoms. The number of nitrogens with one attached hydrogen (secondary N) is 3. The maximum Gasteiger partial charge on any atom is 0.244 e. The number of hydrogen-bond donors (Lipinski definition) is 4. The molecule has 0 spiro atoms. The maximum absolute atomic E-state index is 12.4. The van der Waals surface area contributed by atoms with E-state index < -0.39 is 6.04 Å². The highest BCUT2D eigenvalue weighted by Crippen LogP contribution is 2.29. The molecular weight excluding hydrogens is 326 g/mol. The van der Waals surface area contributed by atoms with Crippen LogP contribution in [0.5, 0.6) is 5.75 Å². The van der Waals surface area contributed by atoms with E-state index in [2.05, 4.69) is 40.2 Å². The lowest BCUT2D eigenvalue weighted by Gasteiger charge is -2.11. The van der Waals surface area contributed by atoms with Crippen LogP contribution in [0, 0.1) is 5.92 Å². The quantitative estimate of drug-likeness (QED) is 0.660. The summed E-state index contributed by atoms with van der Waals surface area (Å²) in [6.45, 7) is 4.24. The zero-order chi connectivity index (χ0) is 17.1. The number of hydrazine groups is 1. The van der Waals surface area contributed by atoms with Gasteiger partial charge in [0.2, 0.25) is 11.0 Å². The Morgan fingerprint density at radius 2 is 2.17 bits per heavy atom. The van der Waals surface area contributed by atoms with Gasteiger partial charge in [0, 0.05) is 12.0 Å². The topological polar surface area (TPSA) is 99.2 Å². The Morgan fingerprint density at radius 3 is 2.92 bits per heavy atom. The van der Waals surface area contributed by atoms with Crippen LogP contribution in [-0.2, 0) is 11.2 Å². The fraction of sp³-hybridized carbons (Fsp3) is 0.438. The third kappa shape index (κ3) is 3.89. The molecule has 1 aromatic carbocycles. The molecule has 2 aromatic rings. The van der Waals surface area contributed by atoms with Crippen LogP contribution < -0.4 is 16.2 Å². The van der Waals surface area contributed by atoms with Crippen molar-refractivity contribution in [1.29, 1.82) is 0 Å². The molecule has 128 valence electrons. The Balaban J connectivity index is 1.59. The molecule has 2 heterocycles. The van der Waals surface area contributed by atoms with Gasteiger partial charge >= 0.3 is 0 Å². The molecule has 1 saturated heterocycles. The molecule has 8 heteroatoms. The van der Waals surface area contributed by atoms with E-state index in [-0.39, 0.29) is 17.7 Å². The number of carbonyl (C=O) groups is 1. The van der Waals surface area contributed by atoms with Gasteiger partial charge in [0.05, 0.1) is 6.04 Å². The average molecular weight is 347 g/mol. The van der Waals surface area contributed by atoms with Gasteiger partial charge in [0.1, 0.15) is 16.8 Å². The Labute approximate surface area is 144 Å². The number of aromatic hydroxyl groups is 1. The van der Waals surface area contributed by atoms with Crippen LogP contribution in [0.2, 0.25) is 0 Å². The first kappa shape index (κ1) is 16.8. The number of benzene rings is 1. The van der Waals surface area contributed by atoms with Crippen molar-refractivity contribution >= 4 is 22.4 Å². The molecule has 2 atom stereocenters. The molecule has 1 aliphatic rings. The zero-order valence-corrected chi connectivity index (χ0v) is 14.4.